The molecule has 0 saturated carbocycles. The van der Waals surface area contributed by atoms with E-state index in [4.69, 9.17) is 0 Å². The minimum absolute atomic E-state index is 0.0267. The number of nitro groups is 1. The lowest BCUT2D eigenvalue weighted by atomic mass is 9.62. The molecular formula is C52H50N2O2S. The second kappa shape index (κ2) is 12.1. The van der Waals surface area contributed by atoms with Crippen LogP contribution >= 0.6 is 11.3 Å². The quantitative estimate of drug-likeness (QED) is 0.132. The molecule has 0 fully saturated rings. The topological polar surface area (TPSA) is 48.1 Å². The third-order valence-electron chi connectivity index (χ3n) is 14.0. The molecule has 0 spiro atoms. The van der Waals surface area contributed by atoms with Gasteiger partial charge in [0.05, 0.1) is 21.6 Å². The monoisotopic (exact) mass is 766 g/mol. The Morgan fingerprint density at radius 3 is 1.58 bits per heavy atom. The lowest BCUT2D eigenvalue weighted by Gasteiger charge is -2.42. The number of thiophene rings is 1. The summed E-state index contributed by atoms with van der Waals surface area (Å²) in [5, 5.41) is 17.9. The van der Waals surface area contributed by atoms with E-state index in [1.165, 1.54) is 53.2 Å². The molecule has 2 aliphatic carbocycles. The maximum Gasteiger partial charge on any atom is 0.270 e. The number of benzene rings is 6. The van der Waals surface area contributed by atoms with Gasteiger partial charge in [0.25, 0.3) is 5.69 Å². The summed E-state index contributed by atoms with van der Waals surface area (Å²) in [5.74, 6) is 0. The zero-order valence-electron chi connectivity index (χ0n) is 34.3. The molecule has 8 aromatic rings. The van der Waals surface area contributed by atoms with Crippen molar-refractivity contribution in [3.63, 3.8) is 0 Å². The van der Waals surface area contributed by atoms with E-state index < -0.39 is 0 Å². The van der Waals surface area contributed by atoms with Crippen LogP contribution in [0.25, 0.3) is 69.9 Å². The van der Waals surface area contributed by atoms with E-state index in [0.29, 0.717) is 0 Å². The van der Waals surface area contributed by atoms with Crippen molar-refractivity contribution < 1.29 is 4.92 Å². The van der Waals surface area contributed by atoms with E-state index in [-0.39, 0.29) is 32.3 Å². The number of hydrogen-bond donors (Lipinski definition) is 0. The van der Waals surface area contributed by atoms with Gasteiger partial charge >= 0.3 is 0 Å². The summed E-state index contributed by atoms with van der Waals surface area (Å²) in [6.45, 7) is 18.8. The average molecular weight is 767 g/mol. The van der Waals surface area contributed by atoms with E-state index in [9.17, 15) is 10.1 Å². The summed E-state index contributed by atoms with van der Waals surface area (Å²) in [4.78, 5) is 12.9. The number of nitrogens with zero attached hydrogens (tertiary/aromatic N) is 2. The van der Waals surface area contributed by atoms with Crippen molar-refractivity contribution >= 4 is 59.0 Å². The van der Waals surface area contributed by atoms with Gasteiger partial charge in [0.2, 0.25) is 0 Å². The fourth-order valence-corrected chi connectivity index (χ4v) is 11.5. The van der Waals surface area contributed by atoms with Crippen molar-refractivity contribution in [2.24, 2.45) is 0 Å². The van der Waals surface area contributed by atoms with Gasteiger partial charge in [-0.3, -0.25) is 10.1 Å². The maximum atomic E-state index is 13.1. The first-order chi connectivity index (χ1) is 27.0. The third-order valence-corrected chi connectivity index (χ3v) is 15.2. The Morgan fingerprint density at radius 1 is 0.509 bits per heavy atom. The summed E-state index contributed by atoms with van der Waals surface area (Å²) < 4.78 is 4.92. The van der Waals surface area contributed by atoms with Gasteiger partial charge in [-0.2, -0.15) is 0 Å². The first kappa shape index (κ1) is 36.1. The summed E-state index contributed by atoms with van der Waals surface area (Å²) in [5.41, 5.74) is 12.5. The summed E-state index contributed by atoms with van der Waals surface area (Å²) in [6.07, 6.45) is 4.42. The van der Waals surface area contributed by atoms with E-state index in [0.717, 1.165) is 64.7 Å². The van der Waals surface area contributed by atoms with Crippen molar-refractivity contribution in [3.05, 3.63) is 142 Å². The second-order valence-electron chi connectivity index (χ2n) is 19.5. The molecule has 5 heteroatoms. The highest BCUT2D eigenvalue weighted by atomic mass is 32.1. The van der Waals surface area contributed by atoms with Gasteiger partial charge < -0.3 is 4.57 Å². The predicted molar refractivity (Wildman–Crippen MR) is 242 cm³/mol. The Balaban J connectivity index is 1.37. The highest BCUT2D eigenvalue weighted by Crippen LogP contribution is 2.52. The van der Waals surface area contributed by atoms with Crippen molar-refractivity contribution in [3.8, 4) is 27.9 Å². The zero-order chi connectivity index (χ0) is 39.8. The summed E-state index contributed by atoms with van der Waals surface area (Å²) >= 11 is 1.83. The number of nitro benzene ring substituents is 1. The van der Waals surface area contributed by atoms with Crippen molar-refractivity contribution in [2.75, 3.05) is 0 Å². The largest absolute Gasteiger partial charge is 0.308 e. The fraction of sp³-hybridized carbons (Fsp3) is 0.308. The second-order valence-corrected chi connectivity index (χ2v) is 20.6. The number of non-ortho nitro benzene ring substituents is 1. The molecule has 286 valence electrons. The summed E-state index contributed by atoms with van der Waals surface area (Å²) in [7, 11) is 0. The van der Waals surface area contributed by atoms with Crippen LogP contribution < -0.4 is 0 Å². The highest BCUT2D eigenvalue weighted by molar-refractivity contribution is 7.25. The van der Waals surface area contributed by atoms with Gasteiger partial charge in [-0.15, -0.1) is 11.3 Å². The minimum Gasteiger partial charge on any atom is -0.308 e. The van der Waals surface area contributed by atoms with Crippen molar-refractivity contribution in [1.82, 2.24) is 4.57 Å². The van der Waals surface area contributed by atoms with Gasteiger partial charge in [-0.25, -0.2) is 0 Å². The molecule has 0 unspecified atom stereocenters. The van der Waals surface area contributed by atoms with Crippen molar-refractivity contribution in [1.29, 1.82) is 0 Å². The molecule has 0 N–H and O–H groups in total. The Kier molecular flexibility index (Phi) is 7.68. The van der Waals surface area contributed by atoms with Gasteiger partial charge in [0.1, 0.15) is 0 Å². The van der Waals surface area contributed by atoms with Crippen LogP contribution in [0.1, 0.15) is 103 Å². The molecule has 0 amide bonds. The van der Waals surface area contributed by atoms with Crippen LogP contribution in [0, 0.1) is 10.1 Å². The van der Waals surface area contributed by atoms with Crippen LogP contribution in [0.3, 0.4) is 0 Å². The van der Waals surface area contributed by atoms with Gasteiger partial charge in [-0.05, 0) is 105 Å². The highest BCUT2D eigenvalue weighted by Gasteiger charge is 2.39. The minimum atomic E-state index is -0.208. The molecule has 2 heterocycles. The number of aromatic nitrogens is 1. The lowest BCUT2D eigenvalue weighted by molar-refractivity contribution is -0.384. The van der Waals surface area contributed by atoms with Gasteiger partial charge in [-0.1, -0.05) is 128 Å². The SMILES string of the molecule is CC1(C)CCC(C)(C)c2cc(-c3cc([N+](=O)[O-])cc(-c4ccc5c(c4)C(C)(C)CCC5(C)C)c3-n3c4ccccc4c4cc5c(cc43)sc3ccccc35)ccc21. The van der Waals surface area contributed by atoms with E-state index in [1.807, 2.05) is 23.5 Å². The number of rotatable bonds is 4. The Hall–Kier alpha value is -5.26. The van der Waals surface area contributed by atoms with Crippen LogP contribution in [0.2, 0.25) is 0 Å². The zero-order valence-corrected chi connectivity index (χ0v) is 35.2. The van der Waals surface area contributed by atoms with Crippen LogP contribution in [0.5, 0.6) is 0 Å². The molecule has 0 aliphatic heterocycles. The fourth-order valence-electron chi connectivity index (χ4n) is 10.3. The molecule has 57 heavy (non-hydrogen) atoms. The molecule has 0 saturated heterocycles. The normalized spacial score (nSPS) is 17.9. The molecule has 10 rings (SSSR count). The van der Waals surface area contributed by atoms with Crippen LogP contribution in [-0.4, -0.2) is 9.49 Å². The standard InChI is InChI=1S/C52H50N2O2S/c1-49(2)21-23-51(5,6)42-25-31(17-19-40(42)49)36-27-33(54(55)56)28-37(32-18-20-41-43(26-32)52(7,8)24-22-50(41,3)4)48(36)53-44-15-11-9-13-34(44)38-29-39-35-14-10-12-16-46(35)57-47(39)30-45(38)53/h9-20,25-30H,21-24H2,1-8H3. The summed E-state index contributed by atoms with van der Waals surface area (Å²) in [6, 6.07) is 39.6. The Bertz CT molecular complexity index is 2910. The maximum absolute atomic E-state index is 13.1. The Morgan fingerprint density at radius 2 is 1.02 bits per heavy atom. The number of para-hydroxylation sites is 1. The first-order valence-electron chi connectivity index (χ1n) is 20.5. The predicted octanol–water partition coefficient (Wildman–Crippen LogP) is 15.1. The van der Waals surface area contributed by atoms with Gasteiger partial charge in [0.15, 0.2) is 0 Å². The Labute approximate surface area is 339 Å². The van der Waals surface area contributed by atoms with E-state index >= 15 is 0 Å². The van der Waals surface area contributed by atoms with E-state index in [2.05, 4.69) is 157 Å². The smallest absolute Gasteiger partial charge is 0.270 e. The molecule has 2 aliphatic rings. The van der Waals surface area contributed by atoms with Crippen LogP contribution in [0.4, 0.5) is 5.69 Å². The third kappa shape index (κ3) is 5.45. The molecule has 0 bridgehead atoms. The molecule has 0 radical (unpaired) electrons. The molecule has 4 nitrogen and oxygen atoms in total. The molecule has 2 aromatic heterocycles. The molecule has 0 atom stereocenters. The van der Waals surface area contributed by atoms with Crippen LogP contribution in [-0.2, 0) is 21.7 Å². The lowest BCUT2D eigenvalue weighted by Crippen LogP contribution is -2.33. The molecule has 6 aromatic carbocycles. The van der Waals surface area contributed by atoms with Crippen molar-refractivity contribution in [2.45, 2.75) is 103 Å². The van der Waals surface area contributed by atoms with Gasteiger partial charge in [0, 0.05) is 54.2 Å². The number of fused-ring (bicyclic) bond motifs is 8. The van der Waals surface area contributed by atoms with E-state index in [1.54, 1.807) is 0 Å². The molecular weight excluding hydrogens is 717 g/mol. The van der Waals surface area contributed by atoms with Crippen LogP contribution in [0.15, 0.2) is 109 Å². The average Bonchev–Trinajstić information content (AvgIpc) is 3.71. The number of hydrogen-bond acceptors (Lipinski definition) is 3. The first-order valence-corrected chi connectivity index (χ1v) is 21.3.